The Hall–Kier alpha value is -0.860. The summed E-state index contributed by atoms with van der Waals surface area (Å²) < 4.78 is 5.32. The molecule has 1 atom stereocenters. The van der Waals surface area contributed by atoms with Crippen molar-refractivity contribution >= 4 is 0 Å². The molecule has 1 aliphatic heterocycles. The normalized spacial score (nSPS) is 22.1. The summed E-state index contributed by atoms with van der Waals surface area (Å²) in [6.45, 7) is 1.82. The van der Waals surface area contributed by atoms with Crippen LogP contribution in [0.25, 0.3) is 0 Å². The quantitative estimate of drug-likeness (QED) is 0.746. The van der Waals surface area contributed by atoms with Crippen molar-refractivity contribution < 1.29 is 9.84 Å². The van der Waals surface area contributed by atoms with E-state index in [-0.39, 0.29) is 6.61 Å². The van der Waals surface area contributed by atoms with E-state index in [4.69, 9.17) is 9.84 Å². The van der Waals surface area contributed by atoms with Crippen LogP contribution >= 0.6 is 0 Å². The summed E-state index contributed by atoms with van der Waals surface area (Å²) in [4.78, 5) is 0. The van der Waals surface area contributed by atoms with Gasteiger partial charge in [-0.3, -0.25) is 0 Å². The fourth-order valence-corrected chi connectivity index (χ4v) is 1.74. The van der Waals surface area contributed by atoms with Crippen molar-refractivity contribution in [2.75, 3.05) is 13.2 Å². The lowest BCUT2D eigenvalue weighted by atomic mass is 9.97. The third-order valence-electron chi connectivity index (χ3n) is 2.53. The summed E-state index contributed by atoms with van der Waals surface area (Å²) in [6, 6.07) is 8.12. The molecule has 2 rings (SSSR count). The molecule has 0 saturated carbocycles. The molecule has 1 aliphatic rings. The fourth-order valence-electron chi connectivity index (χ4n) is 1.74. The van der Waals surface area contributed by atoms with Crippen molar-refractivity contribution in [3.8, 4) is 0 Å². The molecule has 1 fully saturated rings. The number of aliphatic hydroxyl groups is 1. The second-order valence-corrected chi connectivity index (χ2v) is 3.46. The molecule has 70 valence electrons. The first-order chi connectivity index (χ1) is 6.40. The second-order valence-electron chi connectivity index (χ2n) is 3.46. The van der Waals surface area contributed by atoms with Crippen molar-refractivity contribution in [1.29, 1.82) is 0 Å². The Morgan fingerprint density at radius 3 is 3.08 bits per heavy atom. The molecule has 1 aromatic rings. The van der Waals surface area contributed by atoms with Crippen LogP contribution in [-0.4, -0.2) is 18.3 Å². The van der Waals surface area contributed by atoms with E-state index in [0.717, 1.165) is 25.2 Å². The van der Waals surface area contributed by atoms with Gasteiger partial charge in [-0.1, -0.05) is 24.3 Å². The van der Waals surface area contributed by atoms with Crippen molar-refractivity contribution in [2.45, 2.75) is 18.9 Å². The standard InChI is InChI=1S/C11H14O2/c12-7-9-2-1-3-10(6-9)11-4-5-13-8-11/h1-3,6,11-12H,4-5,7-8H2. The summed E-state index contributed by atoms with van der Waals surface area (Å²) in [5.74, 6) is 0.534. The van der Waals surface area contributed by atoms with Crippen LogP contribution in [0.3, 0.4) is 0 Å². The van der Waals surface area contributed by atoms with Gasteiger partial charge in [0.2, 0.25) is 0 Å². The van der Waals surface area contributed by atoms with Gasteiger partial charge in [-0.2, -0.15) is 0 Å². The average molecular weight is 178 g/mol. The number of rotatable bonds is 2. The summed E-state index contributed by atoms with van der Waals surface area (Å²) >= 11 is 0. The lowest BCUT2D eigenvalue weighted by molar-refractivity contribution is 0.194. The zero-order chi connectivity index (χ0) is 9.10. The van der Waals surface area contributed by atoms with Gasteiger partial charge in [0.25, 0.3) is 0 Å². The van der Waals surface area contributed by atoms with Crippen LogP contribution in [0.15, 0.2) is 24.3 Å². The first-order valence-electron chi connectivity index (χ1n) is 4.67. The Bertz CT molecular complexity index is 277. The first kappa shape index (κ1) is 8.73. The Morgan fingerprint density at radius 2 is 2.38 bits per heavy atom. The van der Waals surface area contributed by atoms with Crippen molar-refractivity contribution in [2.24, 2.45) is 0 Å². The molecule has 0 aliphatic carbocycles. The maximum absolute atomic E-state index is 8.97. The molecule has 0 spiro atoms. The van der Waals surface area contributed by atoms with Crippen molar-refractivity contribution in [3.05, 3.63) is 35.4 Å². The lowest BCUT2D eigenvalue weighted by Crippen LogP contribution is -1.98. The minimum absolute atomic E-state index is 0.126. The van der Waals surface area contributed by atoms with Gasteiger partial charge in [0.15, 0.2) is 0 Å². The molecule has 2 heteroatoms. The molecule has 13 heavy (non-hydrogen) atoms. The second kappa shape index (κ2) is 3.90. The summed E-state index contributed by atoms with van der Waals surface area (Å²) in [5, 5.41) is 8.97. The van der Waals surface area contributed by atoms with Gasteiger partial charge in [-0.15, -0.1) is 0 Å². The van der Waals surface area contributed by atoms with Crippen LogP contribution in [0, 0.1) is 0 Å². The molecule has 0 bridgehead atoms. The fraction of sp³-hybridized carbons (Fsp3) is 0.455. The number of hydrogen-bond donors (Lipinski definition) is 1. The first-order valence-corrected chi connectivity index (χ1v) is 4.67. The summed E-state index contributed by atoms with van der Waals surface area (Å²) in [5.41, 5.74) is 2.29. The van der Waals surface area contributed by atoms with Gasteiger partial charge >= 0.3 is 0 Å². The predicted octanol–water partition coefficient (Wildman–Crippen LogP) is 1.68. The molecule has 1 heterocycles. The van der Waals surface area contributed by atoms with E-state index in [1.807, 2.05) is 12.1 Å². The number of benzene rings is 1. The maximum atomic E-state index is 8.97. The van der Waals surface area contributed by atoms with Gasteiger partial charge in [-0.05, 0) is 17.5 Å². The third kappa shape index (κ3) is 1.90. The minimum Gasteiger partial charge on any atom is -0.392 e. The molecule has 1 unspecified atom stereocenters. The molecular weight excluding hydrogens is 164 g/mol. The van der Waals surface area contributed by atoms with Crippen molar-refractivity contribution in [3.63, 3.8) is 0 Å². The number of ether oxygens (including phenoxy) is 1. The molecule has 1 N–H and O–H groups in total. The third-order valence-corrected chi connectivity index (χ3v) is 2.53. The van der Waals surface area contributed by atoms with E-state index in [2.05, 4.69) is 12.1 Å². The molecule has 1 saturated heterocycles. The highest BCUT2D eigenvalue weighted by atomic mass is 16.5. The zero-order valence-electron chi connectivity index (χ0n) is 7.57. The average Bonchev–Trinajstić information content (AvgIpc) is 2.71. The van der Waals surface area contributed by atoms with Crippen LogP contribution in [0.2, 0.25) is 0 Å². The van der Waals surface area contributed by atoms with E-state index in [1.165, 1.54) is 5.56 Å². The highest BCUT2D eigenvalue weighted by Crippen LogP contribution is 2.25. The van der Waals surface area contributed by atoms with Crippen LogP contribution in [0.1, 0.15) is 23.5 Å². The monoisotopic (exact) mass is 178 g/mol. The van der Waals surface area contributed by atoms with E-state index >= 15 is 0 Å². The van der Waals surface area contributed by atoms with E-state index in [0.29, 0.717) is 5.92 Å². The van der Waals surface area contributed by atoms with E-state index in [1.54, 1.807) is 0 Å². The zero-order valence-corrected chi connectivity index (χ0v) is 7.57. The van der Waals surface area contributed by atoms with Gasteiger partial charge in [-0.25, -0.2) is 0 Å². The molecule has 2 nitrogen and oxygen atoms in total. The van der Waals surface area contributed by atoms with Gasteiger partial charge in [0.05, 0.1) is 13.2 Å². The molecule has 0 aromatic heterocycles. The SMILES string of the molecule is OCc1cccc(C2CCOC2)c1. The van der Waals surface area contributed by atoms with E-state index < -0.39 is 0 Å². The highest BCUT2D eigenvalue weighted by molar-refractivity contribution is 5.26. The summed E-state index contributed by atoms with van der Waals surface area (Å²) in [6.07, 6.45) is 1.11. The van der Waals surface area contributed by atoms with Gasteiger partial charge < -0.3 is 9.84 Å². The van der Waals surface area contributed by atoms with Crippen LogP contribution < -0.4 is 0 Å². The molecule has 0 radical (unpaired) electrons. The minimum atomic E-state index is 0.126. The Morgan fingerprint density at radius 1 is 1.46 bits per heavy atom. The topological polar surface area (TPSA) is 29.5 Å². The molecule has 1 aromatic carbocycles. The van der Waals surface area contributed by atoms with Crippen LogP contribution in [0.5, 0.6) is 0 Å². The number of hydrogen-bond acceptors (Lipinski definition) is 2. The van der Waals surface area contributed by atoms with Crippen LogP contribution in [-0.2, 0) is 11.3 Å². The Balaban J connectivity index is 2.18. The highest BCUT2D eigenvalue weighted by Gasteiger charge is 2.17. The predicted molar refractivity (Wildman–Crippen MR) is 50.5 cm³/mol. The maximum Gasteiger partial charge on any atom is 0.0681 e. The Kier molecular flexibility index (Phi) is 2.62. The van der Waals surface area contributed by atoms with Crippen LogP contribution in [0.4, 0.5) is 0 Å². The van der Waals surface area contributed by atoms with Gasteiger partial charge in [0.1, 0.15) is 0 Å². The van der Waals surface area contributed by atoms with Crippen molar-refractivity contribution in [1.82, 2.24) is 0 Å². The molecular formula is C11H14O2. The summed E-state index contributed by atoms with van der Waals surface area (Å²) in [7, 11) is 0. The molecule has 0 amide bonds. The largest absolute Gasteiger partial charge is 0.392 e. The van der Waals surface area contributed by atoms with Gasteiger partial charge in [0, 0.05) is 12.5 Å². The van der Waals surface area contributed by atoms with E-state index in [9.17, 15) is 0 Å². The smallest absolute Gasteiger partial charge is 0.0681 e. The Labute approximate surface area is 78.2 Å². The number of aliphatic hydroxyl groups excluding tert-OH is 1. The lowest BCUT2D eigenvalue weighted by Gasteiger charge is -2.08.